The summed E-state index contributed by atoms with van der Waals surface area (Å²) in [5, 5.41) is 0. The van der Waals surface area contributed by atoms with Gasteiger partial charge in [-0.25, -0.2) is 4.39 Å². The zero-order valence-electron chi connectivity index (χ0n) is 13.1. The van der Waals surface area contributed by atoms with Gasteiger partial charge in [-0.1, -0.05) is 13.8 Å². The van der Waals surface area contributed by atoms with Crippen molar-refractivity contribution in [3.8, 4) is 5.75 Å². The average molecular weight is 296 g/mol. The molecule has 0 aliphatic rings. The molecule has 2 N–H and O–H groups in total. The lowest BCUT2D eigenvalue weighted by atomic mass is 9.81. The van der Waals surface area contributed by atoms with E-state index in [9.17, 15) is 9.18 Å². The molecule has 1 aromatic carbocycles. The summed E-state index contributed by atoms with van der Waals surface area (Å²) in [6.45, 7) is 5.15. The first-order valence-electron chi connectivity index (χ1n) is 7.33. The SMILES string of the molecule is CCC(CC)(CN)C(=O)N(C)CCOc1ccc(F)cc1. The van der Waals surface area contributed by atoms with Gasteiger partial charge in [0, 0.05) is 13.6 Å². The third kappa shape index (κ3) is 4.43. The molecule has 118 valence electrons. The molecule has 1 amide bonds. The van der Waals surface area contributed by atoms with E-state index in [0.717, 1.165) is 12.8 Å². The lowest BCUT2D eigenvalue weighted by molar-refractivity contribution is -0.141. The lowest BCUT2D eigenvalue weighted by Gasteiger charge is -2.33. The predicted molar refractivity (Wildman–Crippen MR) is 81.6 cm³/mol. The summed E-state index contributed by atoms with van der Waals surface area (Å²) in [5.74, 6) is 0.347. The normalized spacial score (nSPS) is 11.3. The molecule has 1 rings (SSSR count). The van der Waals surface area contributed by atoms with E-state index in [2.05, 4.69) is 0 Å². The molecule has 21 heavy (non-hydrogen) atoms. The molecule has 0 heterocycles. The molecule has 0 fully saturated rings. The second-order valence-electron chi connectivity index (χ2n) is 5.22. The standard InChI is InChI=1S/C16H25FN2O2/c1-4-16(5-2,12-18)15(20)19(3)10-11-21-14-8-6-13(17)7-9-14/h6-9H,4-5,10-12,18H2,1-3H3. The van der Waals surface area contributed by atoms with Gasteiger partial charge >= 0.3 is 0 Å². The van der Waals surface area contributed by atoms with Crippen LogP contribution in [0.15, 0.2) is 24.3 Å². The number of hydrogen-bond acceptors (Lipinski definition) is 3. The van der Waals surface area contributed by atoms with Gasteiger partial charge < -0.3 is 15.4 Å². The van der Waals surface area contributed by atoms with E-state index < -0.39 is 5.41 Å². The van der Waals surface area contributed by atoms with E-state index in [-0.39, 0.29) is 11.7 Å². The number of amides is 1. The van der Waals surface area contributed by atoms with Crippen molar-refractivity contribution in [3.05, 3.63) is 30.1 Å². The van der Waals surface area contributed by atoms with Crippen molar-refractivity contribution in [1.82, 2.24) is 4.90 Å². The van der Waals surface area contributed by atoms with E-state index in [1.165, 1.54) is 12.1 Å². The molecule has 0 spiro atoms. The Morgan fingerprint density at radius 1 is 1.29 bits per heavy atom. The zero-order chi connectivity index (χ0) is 15.9. The molecule has 0 aliphatic heterocycles. The summed E-state index contributed by atoms with van der Waals surface area (Å²) in [5.41, 5.74) is 5.31. The third-order valence-electron chi connectivity index (χ3n) is 4.05. The summed E-state index contributed by atoms with van der Waals surface area (Å²) < 4.78 is 18.3. The molecule has 0 radical (unpaired) electrons. The highest BCUT2D eigenvalue weighted by Gasteiger charge is 2.35. The minimum Gasteiger partial charge on any atom is -0.492 e. The van der Waals surface area contributed by atoms with Gasteiger partial charge in [-0.05, 0) is 37.1 Å². The monoisotopic (exact) mass is 296 g/mol. The molecule has 5 heteroatoms. The summed E-state index contributed by atoms with van der Waals surface area (Å²) in [6, 6.07) is 5.83. The number of carbonyl (C=O) groups excluding carboxylic acids is 1. The Morgan fingerprint density at radius 3 is 2.33 bits per heavy atom. The molecule has 0 aliphatic carbocycles. The number of hydrogen-bond donors (Lipinski definition) is 1. The summed E-state index contributed by atoms with van der Waals surface area (Å²) in [6.07, 6.45) is 1.45. The molecule has 0 aromatic heterocycles. The summed E-state index contributed by atoms with van der Waals surface area (Å²) in [4.78, 5) is 14.1. The van der Waals surface area contributed by atoms with Crippen LogP contribution in [-0.2, 0) is 4.79 Å². The highest BCUT2D eigenvalue weighted by molar-refractivity contribution is 5.82. The van der Waals surface area contributed by atoms with Crippen LogP contribution in [0, 0.1) is 11.2 Å². The van der Waals surface area contributed by atoms with Crippen molar-refractivity contribution in [2.75, 3.05) is 26.7 Å². The topological polar surface area (TPSA) is 55.6 Å². The van der Waals surface area contributed by atoms with E-state index in [1.807, 2.05) is 13.8 Å². The van der Waals surface area contributed by atoms with Crippen LogP contribution in [0.4, 0.5) is 4.39 Å². The first kappa shape index (κ1) is 17.4. The van der Waals surface area contributed by atoms with Crippen LogP contribution in [-0.4, -0.2) is 37.6 Å². The molecule has 1 aromatic rings. The Balaban J connectivity index is 2.51. The molecule has 4 nitrogen and oxygen atoms in total. The minimum absolute atomic E-state index is 0.0534. The van der Waals surface area contributed by atoms with Gasteiger partial charge in [0.25, 0.3) is 0 Å². The largest absolute Gasteiger partial charge is 0.492 e. The summed E-state index contributed by atoms with van der Waals surface area (Å²) >= 11 is 0. The zero-order valence-corrected chi connectivity index (χ0v) is 13.1. The van der Waals surface area contributed by atoms with E-state index in [1.54, 1.807) is 24.1 Å². The van der Waals surface area contributed by atoms with Crippen LogP contribution in [0.1, 0.15) is 26.7 Å². The average Bonchev–Trinajstić information content (AvgIpc) is 2.51. The van der Waals surface area contributed by atoms with Gasteiger partial charge in [0.2, 0.25) is 5.91 Å². The van der Waals surface area contributed by atoms with Crippen LogP contribution in [0.5, 0.6) is 5.75 Å². The number of rotatable bonds is 8. The lowest BCUT2D eigenvalue weighted by Crippen LogP contribution is -2.47. The molecule has 0 bridgehead atoms. The molecule has 0 atom stereocenters. The highest BCUT2D eigenvalue weighted by Crippen LogP contribution is 2.27. The second kappa shape index (κ2) is 7.98. The molecule has 0 saturated heterocycles. The Kier molecular flexibility index (Phi) is 6.62. The fourth-order valence-corrected chi connectivity index (χ4v) is 2.27. The van der Waals surface area contributed by atoms with Gasteiger partial charge in [-0.3, -0.25) is 4.79 Å². The summed E-state index contributed by atoms with van der Waals surface area (Å²) in [7, 11) is 1.76. The van der Waals surface area contributed by atoms with Crippen LogP contribution < -0.4 is 10.5 Å². The maximum absolute atomic E-state index is 12.8. The Bertz CT molecular complexity index is 436. The van der Waals surface area contributed by atoms with Gasteiger partial charge in [0.1, 0.15) is 18.2 Å². The van der Waals surface area contributed by atoms with Crippen molar-refractivity contribution in [2.45, 2.75) is 26.7 Å². The highest BCUT2D eigenvalue weighted by atomic mass is 19.1. The van der Waals surface area contributed by atoms with E-state index in [0.29, 0.717) is 25.4 Å². The maximum Gasteiger partial charge on any atom is 0.229 e. The number of benzene rings is 1. The van der Waals surface area contributed by atoms with Crippen LogP contribution in [0.2, 0.25) is 0 Å². The number of carbonyl (C=O) groups is 1. The third-order valence-corrected chi connectivity index (χ3v) is 4.05. The molecule has 0 saturated carbocycles. The first-order valence-corrected chi connectivity index (χ1v) is 7.33. The van der Waals surface area contributed by atoms with Crippen LogP contribution in [0.3, 0.4) is 0 Å². The van der Waals surface area contributed by atoms with Crippen molar-refractivity contribution < 1.29 is 13.9 Å². The fraction of sp³-hybridized carbons (Fsp3) is 0.562. The Morgan fingerprint density at radius 2 is 1.86 bits per heavy atom. The Hall–Kier alpha value is -1.62. The van der Waals surface area contributed by atoms with Crippen molar-refractivity contribution in [3.63, 3.8) is 0 Å². The number of likely N-dealkylation sites (N-methyl/N-ethyl adjacent to an activating group) is 1. The minimum atomic E-state index is -0.482. The maximum atomic E-state index is 12.8. The van der Waals surface area contributed by atoms with E-state index >= 15 is 0 Å². The number of ether oxygens (including phenoxy) is 1. The smallest absolute Gasteiger partial charge is 0.229 e. The van der Waals surface area contributed by atoms with Crippen molar-refractivity contribution in [1.29, 1.82) is 0 Å². The second-order valence-corrected chi connectivity index (χ2v) is 5.22. The first-order chi connectivity index (χ1) is 9.99. The van der Waals surface area contributed by atoms with Crippen LogP contribution >= 0.6 is 0 Å². The van der Waals surface area contributed by atoms with E-state index in [4.69, 9.17) is 10.5 Å². The molecule has 0 unspecified atom stereocenters. The Labute approximate surface area is 126 Å². The predicted octanol–water partition coefficient (Wildman–Crippen LogP) is 2.43. The van der Waals surface area contributed by atoms with Gasteiger partial charge in [-0.2, -0.15) is 0 Å². The fourth-order valence-electron chi connectivity index (χ4n) is 2.27. The number of nitrogens with two attached hydrogens (primary N) is 1. The van der Waals surface area contributed by atoms with Crippen LogP contribution in [0.25, 0.3) is 0 Å². The van der Waals surface area contributed by atoms with Crippen molar-refractivity contribution >= 4 is 5.91 Å². The van der Waals surface area contributed by atoms with Gasteiger partial charge in [-0.15, -0.1) is 0 Å². The number of halogens is 1. The van der Waals surface area contributed by atoms with Gasteiger partial charge in [0.05, 0.1) is 12.0 Å². The quantitative estimate of drug-likeness (QED) is 0.801. The van der Waals surface area contributed by atoms with Crippen molar-refractivity contribution in [2.24, 2.45) is 11.1 Å². The molecular formula is C16H25FN2O2. The molecular weight excluding hydrogens is 271 g/mol. The number of nitrogens with zero attached hydrogens (tertiary/aromatic N) is 1. The van der Waals surface area contributed by atoms with Gasteiger partial charge in [0.15, 0.2) is 0 Å².